The number of hydrogen-bond acceptors (Lipinski definition) is 2. The molecule has 0 aliphatic heterocycles. The molecule has 2 nitrogen and oxygen atoms in total. The van der Waals surface area contributed by atoms with Crippen LogP contribution in [0.4, 0.5) is 0 Å². The van der Waals surface area contributed by atoms with Gasteiger partial charge in [-0.05, 0) is 62.1 Å². The summed E-state index contributed by atoms with van der Waals surface area (Å²) in [6, 6.07) is 10.2. The molecular weight excluding hydrogens is 222 g/mol. The van der Waals surface area contributed by atoms with Crippen molar-refractivity contribution in [1.29, 1.82) is 0 Å². The molecule has 2 heteroatoms. The van der Waals surface area contributed by atoms with Crippen LogP contribution >= 0.6 is 0 Å². The van der Waals surface area contributed by atoms with Gasteiger partial charge in [0.2, 0.25) is 0 Å². The Labute approximate surface area is 110 Å². The number of rotatable bonds is 6. The van der Waals surface area contributed by atoms with Crippen molar-refractivity contribution in [2.75, 3.05) is 20.2 Å². The molecule has 0 spiro atoms. The number of nitrogens with one attached hydrogen (secondary N) is 1. The summed E-state index contributed by atoms with van der Waals surface area (Å²) in [7, 11) is 2.07. The van der Waals surface area contributed by atoms with Crippen molar-refractivity contribution in [2.24, 2.45) is 17.3 Å². The van der Waals surface area contributed by atoms with Crippen LogP contribution in [0.25, 0.3) is 0 Å². The summed E-state index contributed by atoms with van der Waals surface area (Å²) in [5.41, 5.74) is 0.511. The van der Waals surface area contributed by atoms with Crippen LogP contribution in [0.1, 0.15) is 25.7 Å². The fourth-order valence-electron chi connectivity index (χ4n) is 3.72. The first-order chi connectivity index (χ1) is 8.81. The van der Waals surface area contributed by atoms with E-state index >= 15 is 0 Å². The first-order valence-corrected chi connectivity index (χ1v) is 7.14. The van der Waals surface area contributed by atoms with Gasteiger partial charge in [-0.3, -0.25) is 0 Å². The van der Waals surface area contributed by atoms with E-state index in [-0.39, 0.29) is 0 Å². The molecule has 0 saturated heterocycles. The molecule has 2 fully saturated rings. The van der Waals surface area contributed by atoms with E-state index in [9.17, 15) is 0 Å². The highest BCUT2D eigenvalue weighted by Crippen LogP contribution is 2.60. The van der Waals surface area contributed by atoms with Crippen LogP contribution in [-0.2, 0) is 0 Å². The monoisotopic (exact) mass is 245 g/mol. The number of para-hydroxylation sites is 1. The zero-order chi connectivity index (χ0) is 12.4. The quantitative estimate of drug-likeness (QED) is 0.831. The van der Waals surface area contributed by atoms with Crippen molar-refractivity contribution in [3.05, 3.63) is 30.3 Å². The van der Waals surface area contributed by atoms with Gasteiger partial charge in [0.25, 0.3) is 0 Å². The predicted octanol–water partition coefficient (Wildman–Crippen LogP) is 3.09. The lowest BCUT2D eigenvalue weighted by atomic mass is 9.80. The highest BCUT2D eigenvalue weighted by molar-refractivity contribution is 5.20. The zero-order valence-corrected chi connectivity index (χ0v) is 11.2. The maximum absolute atomic E-state index is 5.86. The van der Waals surface area contributed by atoms with Crippen molar-refractivity contribution >= 4 is 0 Å². The lowest BCUT2D eigenvalue weighted by Gasteiger charge is -2.30. The second-order valence-corrected chi connectivity index (χ2v) is 6.11. The van der Waals surface area contributed by atoms with Gasteiger partial charge in [0.05, 0.1) is 6.61 Å². The molecule has 0 radical (unpaired) electrons. The Morgan fingerprint density at radius 1 is 1.22 bits per heavy atom. The summed E-state index contributed by atoms with van der Waals surface area (Å²) in [6.45, 7) is 2.00. The summed E-state index contributed by atoms with van der Waals surface area (Å²) < 4.78 is 5.86. The molecule has 2 saturated carbocycles. The molecule has 18 heavy (non-hydrogen) atoms. The Balaban J connectivity index is 1.51. The number of hydrogen-bond donors (Lipinski definition) is 1. The fraction of sp³-hybridized carbons (Fsp3) is 0.625. The van der Waals surface area contributed by atoms with Crippen LogP contribution in [0.5, 0.6) is 5.75 Å². The molecule has 1 N–H and O–H groups in total. The molecule has 2 unspecified atom stereocenters. The molecule has 2 aliphatic rings. The van der Waals surface area contributed by atoms with Crippen LogP contribution in [0, 0.1) is 17.3 Å². The highest BCUT2D eigenvalue weighted by atomic mass is 16.5. The second-order valence-electron chi connectivity index (χ2n) is 6.11. The predicted molar refractivity (Wildman–Crippen MR) is 73.7 cm³/mol. The average molecular weight is 245 g/mol. The van der Waals surface area contributed by atoms with E-state index in [1.807, 2.05) is 30.3 Å². The third-order valence-electron chi connectivity index (χ3n) is 4.66. The summed E-state index contributed by atoms with van der Waals surface area (Å²) >= 11 is 0. The standard InChI is InChI=1S/C16H23NO/c1-17-12-16(10-13-9-14(13)11-16)7-8-18-15-5-3-2-4-6-15/h2-6,13-14,17H,7-12H2,1H3. The van der Waals surface area contributed by atoms with Crippen LogP contribution in [0.3, 0.4) is 0 Å². The molecule has 98 valence electrons. The maximum atomic E-state index is 5.86. The second kappa shape index (κ2) is 4.93. The van der Waals surface area contributed by atoms with Gasteiger partial charge >= 0.3 is 0 Å². The Hall–Kier alpha value is -1.02. The molecule has 3 rings (SSSR count). The average Bonchev–Trinajstić information content (AvgIpc) is 2.99. The lowest BCUT2D eigenvalue weighted by Crippen LogP contribution is -2.33. The SMILES string of the molecule is CNCC1(CCOc2ccccc2)CC2CC2C1. The van der Waals surface area contributed by atoms with Gasteiger partial charge < -0.3 is 10.1 Å². The van der Waals surface area contributed by atoms with Crippen molar-refractivity contribution < 1.29 is 4.74 Å². The van der Waals surface area contributed by atoms with E-state index < -0.39 is 0 Å². The minimum Gasteiger partial charge on any atom is -0.494 e. The molecule has 0 aromatic heterocycles. The molecule has 0 bridgehead atoms. The first-order valence-electron chi connectivity index (χ1n) is 7.14. The Morgan fingerprint density at radius 3 is 2.61 bits per heavy atom. The van der Waals surface area contributed by atoms with E-state index in [4.69, 9.17) is 4.74 Å². The molecule has 2 aliphatic carbocycles. The maximum Gasteiger partial charge on any atom is 0.119 e. The third-order valence-corrected chi connectivity index (χ3v) is 4.66. The first kappa shape index (κ1) is 12.0. The molecular formula is C16H23NO. The summed E-state index contributed by atoms with van der Waals surface area (Å²) in [4.78, 5) is 0. The van der Waals surface area contributed by atoms with Gasteiger partial charge in [0, 0.05) is 6.54 Å². The van der Waals surface area contributed by atoms with Crippen LogP contribution in [-0.4, -0.2) is 20.2 Å². The fourth-order valence-corrected chi connectivity index (χ4v) is 3.72. The minimum atomic E-state index is 0.511. The van der Waals surface area contributed by atoms with Crippen LogP contribution in [0.2, 0.25) is 0 Å². The lowest BCUT2D eigenvalue weighted by molar-refractivity contribution is 0.180. The molecule has 0 heterocycles. The Morgan fingerprint density at radius 2 is 1.94 bits per heavy atom. The van der Waals surface area contributed by atoms with Crippen LogP contribution < -0.4 is 10.1 Å². The topological polar surface area (TPSA) is 21.3 Å². The summed E-state index contributed by atoms with van der Waals surface area (Å²) in [5.74, 6) is 3.07. The van der Waals surface area contributed by atoms with Gasteiger partial charge in [0.15, 0.2) is 0 Å². The van der Waals surface area contributed by atoms with Crippen LogP contribution in [0.15, 0.2) is 30.3 Å². The van der Waals surface area contributed by atoms with Gasteiger partial charge in [-0.2, -0.15) is 0 Å². The Bertz CT molecular complexity index is 379. The van der Waals surface area contributed by atoms with Gasteiger partial charge in [-0.1, -0.05) is 18.2 Å². The molecule has 1 aromatic carbocycles. The van der Waals surface area contributed by atoms with Crippen molar-refractivity contribution in [2.45, 2.75) is 25.7 Å². The summed E-state index contributed by atoms with van der Waals surface area (Å²) in [6.07, 6.45) is 5.51. The molecule has 0 amide bonds. The van der Waals surface area contributed by atoms with E-state index in [0.717, 1.165) is 30.7 Å². The van der Waals surface area contributed by atoms with E-state index in [0.29, 0.717) is 5.41 Å². The van der Waals surface area contributed by atoms with E-state index in [2.05, 4.69) is 12.4 Å². The molecule has 2 atom stereocenters. The smallest absolute Gasteiger partial charge is 0.119 e. The van der Waals surface area contributed by atoms with E-state index in [1.54, 1.807) is 0 Å². The number of ether oxygens (including phenoxy) is 1. The van der Waals surface area contributed by atoms with Crippen molar-refractivity contribution in [3.63, 3.8) is 0 Å². The van der Waals surface area contributed by atoms with Gasteiger partial charge in [-0.15, -0.1) is 0 Å². The number of benzene rings is 1. The zero-order valence-electron chi connectivity index (χ0n) is 11.2. The summed E-state index contributed by atoms with van der Waals surface area (Å²) in [5, 5.41) is 3.38. The normalized spacial score (nSPS) is 33.2. The van der Waals surface area contributed by atoms with Gasteiger partial charge in [0.1, 0.15) is 5.75 Å². The third kappa shape index (κ3) is 2.54. The Kier molecular flexibility index (Phi) is 3.29. The van der Waals surface area contributed by atoms with Crippen molar-refractivity contribution in [3.8, 4) is 5.75 Å². The molecule has 1 aromatic rings. The largest absolute Gasteiger partial charge is 0.494 e. The highest BCUT2D eigenvalue weighted by Gasteiger charge is 2.52. The van der Waals surface area contributed by atoms with E-state index in [1.165, 1.54) is 25.7 Å². The number of fused-ring (bicyclic) bond motifs is 1. The van der Waals surface area contributed by atoms with Crippen molar-refractivity contribution in [1.82, 2.24) is 5.32 Å². The van der Waals surface area contributed by atoms with Gasteiger partial charge in [-0.25, -0.2) is 0 Å². The minimum absolute atomic E-state index is 0.511.